The Morgan fingerprint density at radius 1 is 1.54 bits per heavy atom. The molecule has 0 bridgehead atoms. The van der Waals surface area contributed by atoms with Crippen LogP contribution in [0.2, 0.25) is 0 Å². The summed E-state index contributed by atoms with van der Waals surface area (Å²) in [4.78, 5) is 0. The lowest BCUT2D eigenvalue weighted by Crippen LogP contribution is -2.31. The number of rotatable bonds is 2. The second-order valence-corrected chi connectivity index (χ2v) is 3.01. The van der Waals surface area contributed by atoms with Crippen molar-refractivity contribution in [1.29, 1.82) is 0 Å². The third-order valence-electron chi connectivity index (χ3n) is 1.59. The van der Waals surface area contributed by atoms with Gasteiger partial charge in [0, 0.05) is 13.6 Å². The van der Waals surface area contributed by atoms with E-state index in [0.29, 0.717) is 11.7 Å². The van der Waals surface area contributed by atoms with Gasteiger partial charge in [-0.2, -0.15) is 0 Å². The third-order valence-corrected chi connectivity index (χ3v) is 1.94. The summed E-state index contributed by atoms with van der Waals surface area (Å²) in [7, 11) is 1.76. The van der Waals surface area contributed by atoms with Crippen molar-refractivity contribution >= 4 is 17.3 Å². The average molecular weight is 196 g/mol. The molecule has 0 radical (unpaired) electrons. The van der Waals surface area contributed by atoms with Gasteiger partial charge in [0.15, 0.2) is 5.11 Å². The molecule has 1 aromatic carbocycles. The van der Waals surface area contributed by atoms with Gasteiger partial charge >= 0.3 is 0 Å². The quantitative estimate of drug-likeness (QED) is 0.617. The largest absolute Gasteiger partial charge is 0.508 e. The molecule has 0 saturated carbocycles. The number of phenolic OH excluding ortho intramolecular Hbond substituents is 1. The van der Waals surface area contributed by atoms with E-state index in [0.717, 1.165) is 5.56 Å². The summed E-state index contributed by atoms with van der Waals surface area (Å²) >= 11 is 4.90. The molecule has 0 atom stereocenters. The van der Waals surface area contributed by atoms with Crippen LogP contribution in [0, 0.1) is 0 Å². The Balaban J connectivity index is 2.50. The molecule has 0 aliphatic rings. The van der Waals surface area contributed by atoms with E-state index in [4.69, 9.17) is 17.3 Å². The molecule has 70 valence electrons. The summed E-state index contributed by atoms with van der Waals surface area (Å²) in [6.45, 7) is 0.619. The van der Waals surface area contributed by atoms with Crippen molar-refractivity contribution < 1.29 is 5.11 Å². The van der Waals surface area contributed by atoms with Crippen LogP contribution in [0.1, 0.15) is 5.56 Å². The predicted octanol–water partition coefficient (Wildman–Crippen LogP) is 0.986. The van der Waals surface area contributed by atoms with Gasteiger partial charge < -0.3 is 15.7 Å². The minimum absolute atomic E-state index is 0.273. The molecule has 0 spiro atoms. The first-order valence-electron chi connectivity index (χ1n) is 3.96. The summed E-state index contributed by atoms with van der Waals surface area (Å²) in [6, 6.07) is 7.06. The Kier molecular flexibility index (Phi) is 3.52. The number of phenols is 1. The highest BCUT2D eigenvalue weighted by Crippen LogP contribution is 2.10. The van der Waals surface area contributed by atoms with Crippen LogP contribution < -0.4 is 10.6 Å². The summed E-state index contributed by atoms with van der Waals surface area (Å²) < 4.78 is 0. The van der Waals surface area contributed by atoms with Crippen LogP contribution in [-0.4, -0.2) is 17.3 Å². The fraction of sp³-hybridized carbons (Fsp3) is 0.222. The van der Waals surface area contributed by atoms with Gasteiger partial charge in [0.2, 0.25) is 0 Å². The fourth-order valence-corrected chi connectivity index (χ4v) is 1.01. The van der Waals surface area contributed by atoms with Gasteiger partial charge in [-0.05, 0) is 29.9 Å². The van der Waals surface area contributed by atoms with Gasteiger partial charge in [-0.15, -0.1) is 0 Å². The molecule has 0 unspecified atom stereocenters. The van der Waals surface area contributed by atoms with Crippen molar-refractivity contribution in [2.45, 2.75) is 6.54 Å². The first-order chi connectivity index (χ1) is 6.22. The molecule has 0 amide bonds. The molecule has 1 aromatic rings. The topological polar surface area (TPSA) is 44.3 Å². The van der Waals surface area contributed by atoms with Crippen LogP contribution in [0.15, 0.2) is 24.3 Å². The van der Waals surface area contributed by atoms with E-state index in [2.05, 4.69) is 10.6 Å². The number of benzene rings is 1. The molecule has 0 aromatic heterocycles. The summed E-state index contributed by atoms with van der Waals surface area (Å²) in [5, 5.41) is 15.6. The molecule has 0 fully saturated rings. The second kappa shape index (κ2) is 4.67. The molecule has 0 heterocycles. The van der Waals surface area contributed by atoms with Crippen LogP contribution in [0.3, 0.4) is 0 Å². The number of thiocarbonyl (C=S) groups is 1. The predicted molar refractivity (Wildman–Crippen MR) is 56.6 cm³/mol. The standard InChI is InChI=1S/C9H12N2OS/c1-10-9(13)11-6-7-3-2-4-8(12)5-7/h2-5,12H,6H2,1H3,(H2,10,11,13). The fourth-order valence-electron chi connectivity index (χ4n) is 0.937. The molecule has 4 heteroatoms. The van der Waals surface area contributed by atoms with Crippen molar-refractivity contribution in [3.63, 3.8) is 0 Å². The Labute approximate surface area is 82.8 Å². The van der Waals surface area contributed by atoms with E-state index >= 15 is 0 Å². The first-order valence-corrected chi connectivity index (χ1v) is 4.36. The maximum atomic E-state index is 9.16. The Morgan fingerprint density at radius 2 is 2.31 bits per heavy atom. The van der Waals surface area contributed by atoms with Crippen LogP contribution in [0.25, 0.3) is 0 Å². The highest BCUT2D eigenvalue weighted by atomic mass is 32.1. The van der Waals surface area contributed by atoms with Crippen LogP contribution in [0.4, 0.5) is 0 Å². The van der Waals surface area contributed by atoms with E-state index in [-0.39, 0.29) is 5.75 Å². The van der Waals surface area contributed by atoms with Crippen molar-refractivity contribution in [3.05, 3.63) is 29.8 Å². The minimum atomic E-state index is 0.273. The summed E-state index contributed by atoms with van der Waals surface area (Å²) in [5.41, 5.74) is 0.998. The van der Waals surface area contributed by atoms with Crippen molar-refractivity contribution in [2.75, 3.05) is 7.05 Å². The molecule has 3 nitrogen and oxygen atoms in total. The van der Waals surface area contributed by atoms with Gasteiger partial charge in [0.05, 0.1) is 0 Å². The zero-order valence-corrected chi connectivity index (χ0v) is 8.19. The summed E-state index contributed by atoms with van der Waals surface area (Å²) in [5.74, 6) is 0.273. The van der Waals surface area contributed by atoms with Crippen LogP contribution in [0.5, 0.6) is 5.75 Å². The van der Waals surface area contributed by atoms with Crippen LogP contribution in [-0.2, 0) is 6.54 Å². The number of hydrogen-bond acceptors (Lipinski definition) is 2. The van der Waals surface area contributed by atoms with E-state index in [1.807, 2.05) is 6.07 Å². The van der Waals surface area contributed by atoms with Crippen molar-refractivity contribution in [3.8, 4) is 5.75 Å². The Hall–Kier alpha value is -1.29. The zero-order chi connectivity index (χ0) is 9.68. The zero-order valence-electron chi connectivity index (χ0n) is 7.37. The third kappa shape index (κ3) is 3.29. The van der Waals surface area contributed by atoms with Gasteiger partial charge in [0.1, 0.15) is 5.75 Å². The molecule has 1 rings (SSSR count). The van der Waals surface area contributed by atoms with Gasteiger partial charge in [-0.25, -0.2) is 0 Å². The average Bonchev–Trinajstić information content (AvgIpc) is 2.14. The molecular formula is C9H12N2OS. The molecule has 13 heavy (non-hydrogen) atoms. The van der Waals surface area contributed by atoms with E-state index in [1.165, 1.54) is 0 Å². The van der Waals surface area contributed by atoms with Crippen LogP contribution >= 0.6 is 12.2 Å². The number of aromatic hydroxyl groups is 1. The monoisotopic (exact) mass is 196 g/mol. The molecular weight excluding hydrogens is 184 g/mol. The lowest BCUT2D eigenvalue weighted by molar-refractivity contribution is 0.474. The number of hydrogen-bond donors (Lipinski definition) is 3. The van der Waals surface area contributed by atoms with E-state index in [1.54, 1.807) is 25.2 Å². The molecule has 3 N–H and O–H groups in total. The SMILES string of the molecule is CNC(=S)NCc1cccc(O)c1. The van der Waals surface area contributed by atoms with E-state index < -0.39 is 0 Å². The lowest BCUT2D eigenvalue weighted by atomic mass is 10.2. The normalized spacial score (nSPS) is 9.31. The van der Waals surface area contributed by atoms with E-state index in [9.17, 15) is 0 Å². The van der Waals surface area contributed by atoms with Crippen molar-refractivity contribution in [2.24, 2.45) is 0 Å². The Morgan fingerprint density at radius 3 is 2.92 bits per heavy atom. The van der Waals surface area contributed by atoms with Gasteiger partial charge in [0.25, 0.3) is 0 Å². The molecule has 0 saturated heterocycles. The molecule has 0 aliphatic carbocycles. The van der Waals surface area contributed by atoms with Gasteiger partial charge in [-0.1, -0.05) is 12.1 Å². The smallest absolute Gasteiger partial charge is 0.166 e. The maximum absolute atomic E-state index is 9.16. The minimum Gasteiger partial charge on any atom is -0.508 e. The van der Waals surface area contributed by atoms with Crippen molar-refractivity contribution in [1.82, 2.24) is 10.6 Å². The maximum Gasteiger partial charge on any atom is 0.166 e. The lowest BCUT2D eigenvalue weighted by Gasteiger charge is -2.06. The highest BCUT2D eigenvalue weighted by Gasteiger charge is 1.94. The Bertz CT molecular complexity index is 301. The van der Waals surface area contributed by atoms with Gasteiger partial charge in [-0.3, -0.25) is 0 Å². The first kappa shape index (κ1) is 9.80. The second-order valence-electron chi connectivity index (χ2n) is 2.60. The summed E-state index contributed by atoms with van der Waals surface area (Å²) in [6.07, 6.45) is 0. The molecule has 0 aliphatic heterocycles. The number of nitrogens with one attached hydrogen (secondary N) is 2. The highest BCUT2D eigenvalue weighted by molar-refractivity contribution is 7.80.